The van der Waals surface area contributed by atoms with E-state index in [0.29, 0.717) is 28.4 Å². The van der Waals surface area contributed by atoms with Crippen LogP contribution in [0.25, 0.3) is 0 Å². The summed E-state index contributed by atoms with van der Waals surface area (Å²) in [6, 6.07) is 3.53. The molecule has 0 radical (unpaired) electrons. The molecule has 1 fully saturated rings. The van der Waals surface area contributed by atoms with E-state index in [1.54, 1.807) is 6.07 Å². The third-order valence-electron chi connectivity index (χ3n) is 3.60. The SMILES string of the molecule is CCN1Cc2cc(OCC3CC3)c(Br)cc2S1(=O)=O. The van der Waals surface area contributed by atoms with E-state index in [4.69, 9.17) is 4.74 Å². The van der Waals surface area contributed by atoms with Crippen molar-refractivity contribution in [3.05, 3.63) is 22.2 Å². The topological polar surface area (TPSA) is 46.6 Å². The molecule has 4 nitrogen and oxygen atoms in total. The summed E-state index contributed by atoms with van der Waals surface area (Å²) in [5.74, 6) is 1.43. The molecule has 0 bridgehead atoms. The molecular formula is C13H16BrNO3S. The zero-order valence-electron chi connectivity index (χ0n) is 10.7. The summed E-state index contributed by atoms with van der Waals surface area (Å²) in [5.41, 5.74) is 0.829. The number of hydrogen-bond donors (Lipinski definition) is 0. The Kier molecular flexibility index (Phi) is 3.35. The first-order valence-corrected chi connectivity index (χ1v) is 8.71. The van der Waals surface area contributed by atoms with Crippen LogP contribution in [0.4, 0.5) is 0 Å². The van der Waals surface area contributed by atoms with Crippen LogP contribution in [0.2, 0.25) is 0 Å². The number of fused-ring (bicyclic) bond motifs is 1. The van der Waals surface area contributed by atoms with Gasteiger partial charge in [-0.1, -0.05) is 6.92 Å². The van der Waals surface area contributed by atoms with E-state index in [1.807, 2.05) is 13.0 Å². The van der Waals surface area contributed by atoms with Gasteiger partial charge in [0.15, 0.2) is 0 Å². The number of ether oxygens (including phenoxy) is 1. The van der Waals surface area contributed by atoms with Crippen LogP contribution in [0.1, 0.15) is 25.3 Å². The van der Waals surface area contributed by atoms with Crippen LogP contribution in [-0.4, -0.2) is 25.9 Å². The number of halogens is 1. The van der Waals surface area contributed by atoms with Gasteiger partial charge in [0.2, 0.25) is 10.0 Å². The Morgan fingerprint density at radius 2 is 2.16 bits per heavy atom. The molecule has 19 heavy (non-hydrogen) atoms. The summed E-state index contributed by atoms with van der Waals surface area (Å²) < 4.78 is 32.4. The van der Waals surface area contributed by atoms with Gasteiger partial charge in [-0.2, -0.15) is 4.31 Å². The first kappa shape index (κ1) is 13.4. The molecule has 0 amide bonds. The van der Waals surface area contributed by atoms with Gasteiger partial charge in [-0.3, -0.25) is 0 Å². The van der Waals surface area contributed by atoms with Crippen LogP contribution in [0.15, 0.2) is 21.5 Å². The lowest BCUT2D eigenvalue weighted by molar-refractivity contribution is 0.297. The van der Waals surface area contributed by atoms with E-state index in [2.05, 4.69) is 15.9 Å². The Morgan fingerprint density at radius 1 is 1.42 bits per heavy atom. The Morgan fingerprint density at radius 3 is 2.79 bits per heavy atom. The van der Waals surface area contributed by atoms with E-state index in [-0.39, 0.29) is 0 Å². The second kappa shape index (κ2) is 4.75. The van der Waals surface area contributed by atoms with Gasteiger partial charge in [-0.25, -0.2) is 8.42 Å². The molecule has 1 aliphatic heterocycles. The van der Waals surface area contributed by atoms with Crippen molar-refractivity contribution < 1.29 is 13.2 Å². The van der Waals surface area contributed by atoms with Gasteiger partial charge in [0.25, 0.3) is 0 Å². The Hall–Kier alpha value is -0.590. The smallest absolute Gasteiger partial charge is 0.243 e. The van der Waals surface area contributed by atoms with Crippen LogP contribution in [-0.2, 0) is 16.6 Å². The van der Waals surface area contributed by atoms with Gasteiger partial charge in [-0.15, -0.1) is 0 Å². The quantitative estimate of drug-likeness (QED) is 0.842. The summed E-state index contributed by atoms with van der Waals surface area (Å²) in [7, 11) is -3.31. The first-order chi connectivity index (χ1) is 9.02. The van der Waals surface area contributed by atoms with Crippen molar-refractivity contribution in [1.29, 1.82) is 0 Å². The normalized spacial score (nSPS) is 21.4. The maximum absolute atomic E-state index is 12.2. The molecule has 0 aromatic heterocycles. The van der Waals surface area contributed by atoms with Gasteiger partial charge in [0, 0.05) is 13.1 Å². The molecule has 1 saturated carbocycles. The molecule has 104 valence electrons. The van der Waals surface area contributed by atoms with Crippen LogP contribution in [0, 0.1) is 5.92 Å². The summed E-state index contributed by atoms with van der Waals surface area (Å²) in [6.45, 7) is 3.51. The van der Waals surface area contributed by atoms with E-state index in [0.717, 1.165) is 17.9 Å². The van der Waals surface area contributed by atoms with E-state index in [9.17, 15) is 8.42 Å². The number of sulfonamides is 1. The highest BCUT2D eigenvalue weighted by Gasteiger charge is 2.34. The molecule has 1 heterocycles. The van der Waals surface area contributed by atoms with Crippen LogP contribution in [0.3, 0.4) is 0 Å². The van der Waals surface area contributed by atoms with Crippen molar-refractivity contribution >= 4 is 26.0 Å². The number of rotatable bonds is 4. The van der Waals surface area contributed by atoms with Crippen LogP contribution in [0.5, 0.6) is 5.75 Å². The number of hydrogen-bond acceptors (Lipinski definition) is 3. The van der Waals surface area contributed by atoms with Gasteiger partial charge < -0.3 is 4.74 Å². The van der Waals surface area contributed by atoms with Crippen LogP contribution >= 0.6 is 15.9 Å². The third kappa shape index (κ3) is 2.41. The lowest BCUT2D eigenvalue weighted by atomic mass is 10.2. The predicted octanol–water partition coefficient (Wildman–Crippen LogP) is 2.76. The molecular weight excluding hydrogens is 330 g/mol. The molecule has 0 unspecified atom stereocenters. The second-order valence-electron chi connectivity index (χ2n) is 5.08. The van der Waals surface area contributed by atoms with E-state index in [1.165, 1.54) is 17.1 Å². The lowest BCUT2D eigenvalue weighted by Gasteiger charge is -2.10. The number of nitrogens with zero attached hydrogens (tertiary/aromatic N) is 1. The lowest BCUT2D eigenvalue weighted by Crippen LogP contribution is -2.23. The van der Waals surface area contributed by atoms with Gasteiger partial charge in [0.05, 0.1) is 16.0 Å². The summed E-state index contributed by atoms with van der Waals surface area (Å²) in [6.07, 6.45) is 2.47. The van der Waals surface area contributed by atoms with E-state index >= 15 is 0 Å². The Labute approximate surface area is 121 Å². The average molecular weight is 346 g/mol. The molecule has 1 aliphatic carbocycles. The monoisotopic (exact) mass is 345 g/mol. The minimum atomic E-state index is -3.31. The summed E-state index contributed by atoms with van der Waals surface area (Å²) in [4.78, 5) is 0.403. The minimum Gasteiger partial charge on any atom is -0.492 e. The Bertz CT molecular complexity index is 611. The van der Waals surface area contributed by atoms with Crippen molar-refractivity contribution in [2.24, 2.45) is 5.92 Å². The van der Waals surface area contributed by atoms with Gasteiger partial charge >= 0.3 is 0 Å². The fourth-order valence-electron chi connectivity index (χ4n) is 2.24. The highest BCUT2D eigenvalue weighted by molar-refractivity contribution is 9.10. The highest BCUT2D eigenvalue weighted by atomic mass is 79.9. The van der Waals surface area contributed by atoms with Gasteiger partial charge in [0.1, 0.15) is 5.75 Å². The predicted molar refractivity (Wildman–Crippen MR) is 75.6 cm³/mol. The zero-order chi connectivity index (χ0) is 13.6. The molecule has 1 aromatic carbocycles. The third-order valence-corrected chi connectivity index (χ3v) is 6.23. The van der Waals surface area contributed by atoms with Crippen molar-refractivity contribution in [1.82, 2.24) is 4.31 Å². The van der Waals surface area contributed by atoms with Crippen molar-refractivity contribution in [3.63, 3.8) is 0 Å². The fourth-order valence-corrected chi connectivity index (χ4v) is 4.50. The Balaban J connectivity index is 1.92. The standard InChI is InChI=1S/C13H16BrNO3S/c1-2-15-7-10-5-12(18-8-9-3-4-9)11(14)6-13(10)19(15,16)17/h5-6,9H,2-4,7-8H2,1H3. The first-order valence-electron chi connectivity index (χ1n) is 6.47. The molecule has 0 atom stereocenters. The minimum absolute atomic E-state index is 0.403. The molecule has 1 aromatic rings. The van der Waals surface area contributed by atoms with Gasteiger partial charge in [-0.05, 0) is 52.4 Å². The van der Waals surface area contributed by atoms with Crippen LogP contribution < -0.4 is 4.74 Å². The molecule has 0 spiro atoms. The molecule has 3 rings (SSSR count). The summed E-state index contributed by atoms with van der Waals surface area (Å²) in [5, 5.41) is 0. The average Bonchev–Trinajstić information content (AvgIpc) is 3.15. The van der Waals surface area contributed by atoms with E-state index < -0.39 is 10.0 Å². The molecule has 0 saturated heterocycles. The van der Waals surface area contributed by atoms with Crippen molar-refractivity contribution in [2.45, 2.75) is 31.2 Å². The van der Waals surface area contributed by atoms with Crippen molar-refractivity contribution in [3.8, 4) is 5.75 Å². The summed E-state index contributed by atoms with van der Waals surface area (Å²) >= 11 is 3.41. The maximum Gasteiger partial charge on any atom is 0.243 e. The largest absolute Gasteiger partial charge is 0.492 e. The number of benzene rings is 1. The molecule has 0 N–H and O–H groups in total. The van der Waals surface area contributed by atoms with Crippen molar-refractivity contribution in [2.75, 3.05) is 13.2 Å². The second-order valence-corrected chi connectivity index (χ2v) is 7.84. The zero-order valence-corrected chi connectivity index (χ0v) is 13.1. The fraction of sp³-hybridized carbons (Fsp3) is 0.538. The maximum atomic E-state index is 12.2. The highest BCUT2D eigenvalue weighted by Crippen LogP contribution is 2.38. The molecule has 6 heteroatoms. The molecule has 2 aliphatic rings.